The topological polar surface area (TPSA) is 42.0 Å². The van der Waals surface area contributed by atoms with Crippen molar-refractivity contribution in [1.82, 2.24) is 4.98 Å². The molecule has 17 heavy (non-hydrogen) atoms. The molecule has 0 aromatic carbocycles. The van der Waals surface area contributed by atoms with Crippen LogP contribution in [0, 0.1) is 12.8 Å². The van der Waals surface area contributed by atoms with Crippen molar-refractivity contribution >= 4 is 27.7 Å². The third kappa shape index (κ3) is 3.28. The second-order valence-corrected chi connectivity index (χ2v) is 5.56. The molecular formula is C13H17BrN2O. The van der Waals surface area contributed by atoms with Crippen molar-refractivity contribution in [3.05, 3.63) is 22.3 Å². The highest BCUT2D eigenvalue weighted by atomic mass is 79.9. The smallest absolute Gasteiger partial charge is 0.228 e. The zero-order chi connectivity index (χ0) is 12.3. The van der Waals surface area contributed by atoms with Crippen LogP contribution in [0.3, 0.4) is 0 Å². The molecule has 92 valence electrons. The fourth-order valence-electron chi connectivity index (χ4n) is 2.25. The van der Waals surface area contributed by atoms with E-state index in [2.05, 4.69) is 26.2 Å². The summed E-state index contributed by atoms with van der Waals surface area (Å²) in [6.07, 6.45) is 7.35. The summed E-state index contributed by atoms with van der Waals surface area (Å²) in [5, 5.41) is 2.94. The van der Waals surface area contributed by atoms with Crippen LogP contribution in [0.2, 0.25) is 0 Å². The summed E-state index contributed by atoms with van der Waals surface area (Å²) in [6, 6.07) is 1.96. The quantitative estimate of drug-likeness (QED) is 0.905. The van der Waals surface area contributed by atoms with Crippen LogP contribution in [0.15, 0.2) is 16.7 Å². The summed E-state index contributed by atoms with van der Waals surface area (Å²) in [4.78, 5) is 16.3. The Bertz CT molecular complexity index is 414. The van der Waals surface area contributed by atoms with Crippen molar-refractivity contribution in [2.24, 2.45) is 5.92 Å². The third-order valence-corrected chi connectivity index (χ3v) is 3.70. The second-order valence-electron chi connectivity index (χ2n) is 4.64. The SMILES string of the molecule is Cc1cc(Br)cnc1NC(=O)C1CCCCC1. The number of nitrogens with one attached hydrogen (secondary N) is 1. The van der Waals surface area contributed by atoms with Gasteiger partial charge in [0.25, 0.3) is 0 Å². The molecule has 1 aliphatic carbocycles. The van der Waals surface area contributed by atoms with Crippen LogP contribution in [0.25, 0.3) is 0 Å². The van der Waals surface area contributed by atoms with Crippen LogP contribution in [0.1, 0.15) is 37.7 Å². The third-order valence-electron chi connectivity index (χ3n) is 3.26. The standard InChI is InChI=1S/C13H17BrN2O/c1-9-7-11(14)8-15-12(9)16-13(17)10-5-3-2-4-6-10/h7-8,10H,2-6H2,1H3,(H,15,16,17). The number of hydrogen-bond acceptors (Lipinski definition) is 2. The van der Waals surface area contributed by atoms with E-state index in [-0.39, 0.29) is 11.8 Å². The minimum Gasteiger partial charge on any atom is -0.310 e. The molecule has 1 fully saturated rings. The Morgan fingerprint density at radius 3 is 2.76 bits per heavy atom. The zero-order valence-electron chi connectivity index (χ0n) is 10.0. The number of rotatable bonds is 2. The average molecular weight is 297 g/mol. The van der Waals surface area contributed by atoms with Crippen LogP contribution in [-0.2, 0) is 4.79 Å². The number of carbonyl (C=O) groups excluding carboxylic acids is 1. The summed E-state index contributed by atoms with van der Waals surface area (Å²) in [7, 11) is 0. The molecule has 1 aromatic rings. The van der Waals surface area contributed by atoms with E-state index in [0.29, 0.717) is 5.82 Å². The summed E-state index contributed by atoms with van der Waals surface area (Å²) in [5.74, 6) is 0.986. The lowest BCUT2D eigenvalue weighted by Gasteiger charge is -2.20. The van der Waals surface area contributed by atoms with Gasteiger partial charge >= 0.3 is 0 Å². The molecule has 3 nitrogen and oxygen atoms in total. The molecule has 0 bridgehead atoms. The van der Waals surface area contributed by atoms with Gasteiger partial charge in [-0.1, -0.05) is 19.3 Å². The monoisotopic (exact) mass is 296 g/mol. The molecule has 1 saturated carbocycles. The molecule has 0 radical (unpaired) electrons. The molecule has 1 amide bonds. The Labute approximate surface area is 110 Å². The van der Waals surface area contributed by atoms with Crippen molar-refractivity contribution in [1.29, 1.82) is 0 Å². The van der Waals surface area contributed by atoms with Crippen LogP contribution in [0.4, 0.5) is 5.82 Å². The highest BCUT2D eigenvalue weighted by Gasteiger charge is 2.21. The van der Waals surface area contributed by atoms with E-state index >= 15 is 0 Å². The highest BCUT2D eigenvalue weighted by Crippen LogP contribution is 2.25. The number of anilines is 1. The molecule has 0 unspecified atom stereocenters. The predicted molar refractivity (Wildman–Crippen MR) is 71.9 cm³/mol. The van der Waals surface area contributed by atoms with E-state index in [9.17, 15) is 4.79 Å². The van der Waals surface area contributed by atoms with Gasteiger partial charge in [-0.25, -0.2) is 4.98 Å². The van der Waals surface area contributed by atoms with E-state index in [4.69, 9.17) is 0 Å². The summed E-state index contributed by atoms with van der Waals surface area (Å²) >= 11 is 3.36. The van der Waals surface area contributed by atoms with Gasteiger partial charge in [-0.15, -0.1) is 0 Å². The van der Waals surface area contributed by atoms with E-state index in [1.807, 2.05) is 13.0 Å². The summed E-state index contributed by atoms with van der Waals surface area (Å²) in [5.41, 5.74) is 0.989. The van der Waals surface area contributed by atoms with Crippen molar-refractivity contribution in [3.8, 4) is 0 Å². The first kappa shape index (κ1) is 12.6. The molecule has 4 heteroatoms. The molecule has 1 aromatic heterocycles. The fourth-order valence-corrected chi connectivity index (χ4v) is 2.70. The number of aryl methyl sites for hydroxylation is 1. The number of hydrogen-bond donors (Lipinski definition) is 1. The Morgan fingerprint density at radius 2 is 2.12 bits per heavy atom. The molecule has 0 saturated heterocycles. The minimum atomic E-state index is 0.127. The maximum absolute atomic E-state index is 12.0. The highest BCUT2D eigenvalue weighted by molar-refractivity contribution is 9.10. The molecule has 0 atom stereocenters. The number of pyridine rings is 1. The number of carbonyl (C=O) groups is 1. The van der Waals surface area contributed by atoms with Crippen molar-refractivity contribution in [3.63, 3.8) is 0 Å². The normalized spacial score (nSPS) is 16.8. The van der Waals surface area contributed by atoms with E-state index in [1.54, 1.807) is 6.20 Å². The lowest BCUT2D eigenvalue weighted by atomic mass is 9.88. The van der Waals surface area contributed by atoms with Gasteiger partial charge < -0.3 is 5.32 Å². The largest absolute Gasteiger partial charge is 0.310 e. The van der Waals surface area contributed by atoms with E-state index in [0.717, 1.165) is 22.9 Å². The molecular weight excluding hydrogens is 280 g/mol. The first-order valence-corrected chi connectivity index (χ1v) is 6.89. The van der Waals surface area contributed by atoms with Crippen LogP contribution >= 0.6 is 15.9 Å². The number of halogens is 1. The van der Waals surface area contributed by atoms with Gasteiger partial charge in [0.15, 0.2) is 0 Å². The minimum absolute atomic E-state index is 0.127. The van der Waals surface area contributed by atoms with Gasteiger partial charge in [-0.2, -0.15) is 0 Å². The molecule has 2 rings (SSSR count). The average Bonchev–Trinajstić information content (AvgIpc) is 2.34. The van der Waals surface area contributed by atoms with E-state index in [1.165, 1.54) is 19.3 Å². The number of amides is 1. The first-order valence-electron chi connectivity index (χ1n) is 6.10. The number of aromatic nitrogens is 1. The second kappa shape index (κ2) is 5.63. The molecule has 1 heterocycles. The maximum Gasteiger partial charge on any atom is 0.228 e. The van der Waals surface area contributed by atoms with Gasteiger partial charge in [0, 0.05) is 16.6 Å². The van der Waals surface area contributed by atoms with Gasteiger partial charge in [0.2, 0.25) is 5.91 Å². The Hall–Kier alpha value is -0.900. The molecule has 1 aliphatic rings. The van der Waals surface area contributed by atoms with Crippen LogP contribution in [0.5, 0.6) is 0 Å². The first-order chi connectivity index (χ1) is 8.16. The predicted octanol–water partition coefficient (Wildman–Crippen LogP) is 3.67. The van der Waals surface area contributed by atoms with Gasteiger partial charge in [-0.05, 0) is 47.3 Å². The zero-order valence-corrected chi connectivity index (χ0v) is 11.6. The fraction of sp³-hybridized carbons (Fsp3) is 0.538. The molecule has 1 N–H and O–H groups in total. The van der Waals surface area contributed by atoms with Gasteiger partial charge in [-0.3, -0.25) is 4.79 Å². The Morgan fingerprint density at radius 1 is 1.41 bits per heavy atom. The van der Waals surface area contributed by atoms with E-state index < -0.39 is 0 Å². The van der Waals surface area contributed by atoms with Crippen molar-refractivity contribution in [2.75, 3.05) is 5.32 Å². The lowest BCUT2D eigenvalue weighted by molar-refractivity contribution is -0.120. The maximum atomic E-state index is 12.0. The van der Waals surface area contributed by atoms with Gasteiger partial charge in [0.05, 0.1) is 0 Å². The Kier molecular flexibility index (Phi) is 4.15. The Balaban J connectivity index is 2.02. The summed E-state index contributed by atoms with van der Waals surface area (Å²) < 4.78 is 0.936. The summed E-state index contributed by atoms with van der Waals surface area (Å²) in [6.45, 7) is 1.95. The number of nitrogens with zero attached hydrogens (tertiary/aromatic N) is 1. The van der Waals surface area contributed by atoms with Gasteiger partial charge in [0.1, 0.15) is 5.82 Å². The lowest BCUT2D eigenvalue weighted by Crippen LogP contribution is -2.25. The van der Waals surface area contributed by atoms with Crippen LogP contribution < -0.4 is 5.32 Å². The van der Waals surface area contributed by atoms with Crippen molar-refractivity contribution in [2.45, 2.75) is 39.0 Å². The van der Waals surface area contributed by atoms with Crippen molar-refractivity contribution < 1.29 is 4.79 Å². The molecule has 0 spiro atoms. The molecule has 0 aliphatic heterocycles. The van der Waals surface area contributed by atoms with Crippen LogP contribution in [-0.4, -0.2) is 10.9 Å².